The van der Waals surface area contributed by atoms with E-state index in [0.29, 0.717) is 6.42 Å². The molecule has 0 aliphatic carbocycles. The SMILES string of the molecule is CC(C)=CC(=O)Cc1csc(C)n1. The van der Waals surface area contributed by atoms with Gasteiger partial charge in [0.25, 0.3) is 0 Å². The van der Waals surface area contributed by atoms with Crippen LogP contribution in [0.4, 0.5) is 0 Å². The van der Waals surface area contributed by atoms with E-state index < -0.39 is 0 Å². The highest BCUT2D eigenvalue weighted by Crippen LogP contribution is 2.09. The molecule has 2 nitrogen and oxygen atoms in total. The molecule has 1 heterocycles. The van der Waals surface area contributed by atoms with Gasteiger partial charge in [-0.1, -0.05) is 5.57 Å². The molecule has 0 amide bonds. The van der Waals surface area contributed by atoms with Gasteiger partial charge in [-0.3, -0.25) is 4.79 Å². The maximum Gasteiger partial charge on any atom is 0.161 e. The number of hydrogen-bond donors (Lipinski definition) is 0. The molecule has 1 aromatic heterocycles. The third kappa shape index (κ3) is 3.51. The average Bonchev–Trinajstić information content (AvgIpc) is 2.33. The van der Waals surface area contributed by atoms with Gasteiger partial charge in [0.1, 0.15) is 0 Å². The first kappa shape index (κ1) is 10.1. The van der Waals surface area contributed by atoms with Crippen molar-refractivity contribution in [2.75, 3.05) is 0 Å². The van der Waals surface area contributed by atoms with Crippen LogP contribution < -0.4 is 0 Å². The molecular weight excluding hydrogens is 182 g/mol. The van der Waals surface area contributed by atoms with E-state index in [9.17, 15) is 4.79 Å². The van der Waals surface area contributed by atoms with Gasteiger partial charge in [-0.2, -0.15) is 0 Å². The molecule has 13 heavy (non-hydrogen) atoms. The lowest BCUT2D eigenvalue weighted by Crippen LogP contribution is -1.99. The van der Waals surface area contributed by atoms with Crippen molar-refractivity contribution in [3.63, 3.8) is 0 Å². The first-order valence-corrected chi connectivity index (χ1v) is 5.04. The Bertz CT molecular complexity index is 334. The second kappa shape index (κ2) is 4.33. The van der Waals surface area contributed by atoms with Gasteiger partial charge < -0.3 is 0 Å². The van der Waals surface area contributed by atoms with E-state index in [0.717, 1.165) is 16.3 Å². The molecule has 3 heteroatoms. The molecule has 0 fully saturated rings. The second-order valence-electron chi connectivity index (χ2n) is 3.22. The first-order chi connectivity index (χ1) is 6.08. The summed E-state index contributed by atoms with van der Waals surface area (Å²) < 4.78 is 0. The van der Waals surface area contributed by atoms with Crippen LogP contribution in [0, 0.1) is 6.92 Å². The van der Waals surface area contributed by atoms with Crippen molar-refractivity contribution in [2.45, 2.75) is 27.2 Å². The molecule has 0 N–H and O–H groups in total. The van der Waals surface area contributed by atoms with Crippen LogP contribution in [0.2, 0.25) is 0 Å². The predicted molar refractivity (Wildman–Crippen MR) is 55.0 cm³/mol. The van der Waals surface area contributed by atoms with E-state index in [2.05, 4.69) is 4.98 Å². The molecule has 0 aliphatic heterocycles. The fraction of sp³-hybridized carbons (Fsp3) is 0.400. The lowest BCUT2D eigenvalue weighted by atomic mass is 10.2. The zero-order chi connectivity index (χ0) is 9.84. The minimum atomic E-state index is 0.130. The van der Waals surface area contributed by atoms with Crippen molar-refractivity contribution in [3.8, 4) is 0 Å². The number of thiazole rings is 1. The topological polar surface area (TPSA) is 30.0 Å². The fourth-order valence-corrected chi connectivity index (χ4v) is 1.65. The van der Waals surface area contributed by atoms with E-state index in [-0.39, 0.29) is 5.78 Å². The highest BCUT2D eigenvalue weighted by atomic mass is 32.1. The van der Waals surface area contributed by atoms with Crippen LogP contribution in [0.1, 0.15) is 24.5 Å². The zero-order valence-corrected chi connectivity index (χ0v) is 8.94. The summed E-state index contributed by atoms with van der Waals surface area (Å²) in [5.74, 6) is 0.130. The highest BCUT2D eigenvalue weighted by Gasteiger charge is 2.03. The quantitative estimate of drug-likeness (QED) is 0.694. The highest BCUT2D eigenvalue weighted by molar-refractivity contribution is 7.09. The third-order valence-corrected chi connectivity index (χ3v) is 2.29. The number of carbonyl (C=O) groups is 1. The molecule has 0 saturated carbocycles. The molecule has 0 unspecified atom stereocenters. The molecule has 70 valence electrons. The van der Waals surface area contributed by atoms with Gasteiger partial charge >= 0.3 is 0 Å². The molecule has 1 rings (SSSR count). The summed E-state index contributed by atoms with van der Waals surface area (Å²) in [6.07, 6.45) is 2.09. The molecule has 0 aliphatic rings. The number of aromatic nitrogens is 1. The molecule has 0 radical (unpaired) electrons. The van der Waals surface area contributed by atoms with E-state index in [1.165, 1.54) is 0 Å². The monoisotopic (exact) mass is 195 g/mol. The van der Waals surface area contributed by atoms with Gasteiger partial charge in [0.05, 0.1) is 17.1 Å². The van der Waals surface area contributed by atoms with Crippen molar-refractivity contribution < 1.29 is 4.79 Å². The maximum absolute atomic E-state index is 11.3. The van der Waals surface area contributed by atoms with Crippen molar-refractivity contribution in [1.82, 2.24) is 4.98 Å². The summed E-state index contributed by atoms with van der Waals surface area (Å²) in [5.41, 5.74) is 1.92. The number of rotatable bonds is 3. The first-order valence-electron chi connectivity index (χ1n) is 4.16. The Balaban J connectivity index is 2.60. The van der Waals surface area contributed by atoms with E-state index in [1.807, 2.05) is 26.2 Å². The van der Waals surface area contributed by atoms with Crippen molar-refractivity contribution >= 4 is 17.1 Å². The molecule has 0 saturated heterocycles. The summed E-state index contributed by atoms with van der Waals surface area (Å²) in [6, 6.07) is 0. The van der Waals surface area contributed by atoms with Crippen LogP contribution in [0.25, 0.3) is 0 Å². The van der Waals surface area contributed by atoms with Crippen molar-refractivity contribution in [2.24, 2.45) is 0 Å². The Kier molecular flexibility index (Phi) is 3.37. The van der Waals surface area contributed by atoms with E-state index in [1.54, 1.807) is 17.4 Å². The predicted octanol–water partition coefficient (Wildman–Crippen LogP) is 2.53. The smallest absolute Gasteiger partial charge is 0.161 e. The van der Waals surface area contributed by atoms with Crippen LogP contribution in [0.5, 0.6) is 0 Å². The van der Waals surface area contributed by atoms with Crippen molar-refractivity contribution in [1.29, 1.82) is 0 Å². The van der Waals surface area contributed by atoms with Crippen LogP contribution >= 0.6 is 11.3 Å². The minimum Gasteiger partial charge on any atom is -0.294 e. The van der Waals surface area contributed by atoms with Crippen LogP contribution in [-0.4, -0.2) is 10.8 Å². The second-order valence-corrected chi connectivity index (χ2v) is 4.28. The average molecular weight is 195 g/mol. The molecule has 0 spiro atoms. The normalized spacial score (nSPS) is 9.77. The summed E-state index contributed by atoms with van der Waals surface area (Å²) >= 11 is 1.58. The Morgan fingerprint density at radius 1 is 1.62 bits per heavy atom. The van der Waals surface area contributed by atoms with E-state index in [4.69, 9.17) is 0 Å². The Morgan fingerprint density at radius 3 is 2.77 bits per heavy atom. The van der Waals surface area contributed by atoms with Gasteiger partial charge in [-0.05, 0) is 26.8 Å². The Morgan fingerprint density at radius 2 is 2.31 bits per heavy atom. The van der Waals surface area contributed by atoms with Crippen LogP contribution in [0.3, 0.4) is 0 Å². The summed E-state index contributed by atoms with van der Waals surface area (Å²) in [4.78, 5) is 15.5. The van der Waals surface area contributed by atoms with Gasteiger partial charge in [-0.25, -0.2) is 4.98 Å². The minimum absolute atomic E-state index is 0.130. The molecule has 0 atom stereocenters. The largest absolute Gasteiger partial charge is 0.294 e. The van der Waals surface area contributed by atoms with Crippen molar-refractivity contribution in [3.05, 3.63) is 27.7 Å². The Labute approximate surface area is 82.3 Å². The van der Waals surface area contributed by atoms with Crippen LogP contribution in [-0.2, 0) is 11.2 Å². The summed E-state index contributed by atoms with van der Waals surface area (Å²) in [5, 5.41) is 2.95. The number of ketones is 1. The maximum atomic E-state index is 11.3. The van der Waals surface area contributed by atoms with E-state index >= 15 is 0 Å². The molecule has 1 aromatic rings. The molecule has 0 bridgehead atoms. The standard InChI is InChI=1S/C10H13NOS/c1-7(2)4-10(12)5-9-6-13-8(3)11-9/h4,6H,5H2,1-3H3. The number of allylic oxidation sites excluding steroid dienone is 2. The molecular formula is C10H13NOS. The van der Waals surface area contributed by atoms with Crippen LogP contribution in [0.15, 0.2) is 17.0 Å². The molecule has 0 aromatic carbocycles. The fourth-order valence-electron chi connectivity index (χ4n) is 1.04. The van der Waals surface area contributed by atoms with Gasteiger partial charge in [-0.15, -0.1) is 11.3 Å². The van der Waals surface area contributed by atoms with Gasteiger partial charge in [0.2, 0.25) is 0 Å². The summed E-state index contributed by atoms with van der Waals surface area (Å²) in [7, 11) is 0. The lowest BCUT2D eigenvalue weighted by Gasteiger charge is -1.91. The van der Waals surface area contributed by atoms with Gasteiger partial charge in [0, 0.05) is 5.38 Å². The van der Waals surface area contributed by atoms with Gasteiger partial charge in [0.15, 0.2) is 5.78 Å². The zero-order valence-electron chi connectivity index (χ0n) is 8.13. The number of nitrogens with zero attached hydrogens (tertiary/aromatic N) is 1. The Hall–Kier alpha value is -0.960. The number of aryl methyl sites for hydroxylation is 1. The number of hydrogen-bond acceptors (Lipinski definition) is 3. The third-order valence-electron chi connectivity index (χ3n) is 1.47. The number of carbonyl (C=O) groups excluding carboxylic acids is 1. The summed E-state index contributed by atoms with van der Waals surface area (Å²) in [6.45, 7) is 5.79. The lowest BCUT2D eigenvalue weighted by molar-refractivity contribution is -0.114.